The molecule has 1 aromatic carbocycles. The van der Waals surface area contributed by atoms with Gasteiger partial charge in [-0.25, -0.2) is 0 Å². The molecule has 3 heteroatoms. The van der Waals surface area contributed by atoms with Gasteiger partial charge in [0, 0.05) is 19.1 Å². The maximum atomic E-state index is 5.96. The lowest BCUT2D eigenvalue weighted by Crippen LogP contribution is -2.49. The Kier molecular flexibility index (Phi) is 4.08. The summed E-state index contributed by atoms with van der Waals surface area (Å²) in [6.07, 6.45) is 2.78. The van der Waals surface area contributed by atoms with Crippen molar-refractivity contribution in [2.45, 2.75) is 57.2 Å². The summed E-state index contributed by atoms with van der Waals surface area (Å²) >= 11 is 0. The van der Waals surface area contributed by atoms with E-state index in [0.29, 0.717) is 12.6 Å². The van der Waals surface area contributed by atoms with Crippen molar-refractivity contribution in [3.05, 3.63) is 35.4 Å². The molecule has 0 radical (unpaired) electrons. The summed E-state index contributed by atoms with van der Waals surface area (Å²) in [7, 11) is 0. The lowest BCUT2D eigenvalue weighted by atomic mass is 9.85. The smallest absolute Gasteiger partial charge is 0.0894 e. The number of rotatable bonds is 3. The van der Waals surface area contributed by atoms with Crippen molar-refractivity contribution in [1.29, 1.82) is 0 Å². The Morgan fingerprint density at radius 1 is 1.19 bits per heavy atom. The fourth-order valence-corrected chi connectivity index (χ4v) is 3.35. The van der Waals surface area contributed by atoms with Crippen LogP contribution in [0.15, 0.2) is 24.3 Å². The highest BCUT2D eigenvalue weighted by Gasteiger charge is 2.40. The molecule has 1 saturated carbocycles. The molecule has 3 nitrogen and oxygen atoms in total. The monoisotopic (exact) mass is 288 g/mol. The fourth-order valence-electron chi connectivity index (χ4n) is 3.35. The second-order valence-electron chi connectivity index (χ2n) is 7.43. The summed E-state index contributed by atoms with van der Waals surface area (Å²) < 4.78 is 5.93. The molecule has 21 heavy (non-hydrogen) atoms. The second-order valence-corrected chi connectivity index (χ2v) is 7.43. The summed E-state index contributed by atoms with van der Waals surface area (Å²) in [5.74, 6) is 0. The van der Waals surface area contributed by atoms with E-state index in [-0.39, 0.29) is 11.5 Å². The zero-order valence-electron chi connectivity index (χ0n) is 13.5. The van der Waals surface area contributed by atoms with Gasteiger partial charge in [-0.15, -0.1) is 0 Å². The van der Waals surface area contributed by atoms with Crippen molar-refractivity contribution < 1.29 is 4.74 Å². The van der Waals surface area contributed by atoms with Crippen molar-refractivity contribution in [1.82, 2.24) is 4.90 Å². The molecule has 0 spiro atoms. The van der Waals surface area contributed by atoms with Gasteiger partial charge in [0.2, 0.25) is 0 Å². The van der Waals surface area contributed by atoms with Gasteiger partial charge in [0.05, 0.1) is 18.8 Å². The number of morpholine rings is 1. The van der Waals surface area contributed by atoms with E-state index in [4.69, 9.17) is 10.5 Å². The molecule has 0 bridgehead atoms. The first kappa shape index (κ1) is 15.0. The molecule has 1 heterocycles. The number of benzene rings is 1. The van der Waals surface area contributed by atoms with Crippen molar-refractivity contribution in [2.75, 3.05) is 19.7 Å². The normalized spacial score (nSPS) is 27.8. The molecule has 1 aromatic rings. The van der Waals surface area contributed by atoms with Gasteiger partial charge in [0.25, 0.3) is 0 Å². The van der Waals surface area contributed by atoms with Crippen molar-refractivity contribution >= 4 is 0 Å². The first-order valence-corrected chi connectivity index (χ1v) is 8.18. The first-order chi connectivity index (χ1) is 10.0. The van der Waals surface area contributed by atoms with Crippen molar-refractivity contribution in [2.24, 2.45) is 5.73 Å². The average molecular weight is 288 g/mol. The van der Waals surface area contributed by atoms with Crippen LogP contribution in [-0.2, 0) is 10.2 Å². The zero-order chi connectivity index (χ0) is 15.0. The first-order valence-electron chi connectivity index (χ1n) is 8.18. The summed E-state index contributed by atoms with van der Waals surface area (Å²) in [6, 6.07) is 10.2. The lowest BCUT2D eigenvalue weighted by molar-refractivity contribution is -0.0712. The Labute approximate surface area is 128 Å². The molecular formula is C18H28N2O. The SMILES string of the molecule is CC(C)(C)c1ccc(C2C(CN)OCCN2C2CC2)cc1. The van der Waals surface area contributed by atoms with E-state index in [1.165, 1.54) is 24.0 Å². The standard InChI is InChI=1S/C18H28N2O/c1-18(2,3)14-6-4-13(5-7-14)17-16(12-19)21-11-10-20(17)15-8-9-15/h4-7,15-17H,8-12,19H2,1-3H3. The van der Waals surface area contributed by atoms with Gasteiger partial charge in [-0.3, -0.25) is 4.90 Å². The van der Waals surface area contributed by atoms with Gasteiger partial charge < -0.3 is 10.5 Å². The Morgan fingerprint density at radius 2 is 1.86 bits per heavy atom. The minimum Gasteiger partial charge on any atom is -0.374 e. The molecule has 2 atom stereocenters. The minimum atomic E-state index is 0.125. The minimum absolute atomic E-state index is 0.125. The number of nitrogens with zero attached hydrogens (tertiary/aromatic N) is 1. The van der Waals surface area contributed by atoms with Gasteiger partial charge in [-0.2, -0.15) is 0 Å². The van der Waals surface area contributed by atoms with Gasteiger partial charge in [-0.05, 0) is 29.4 Å². The van der Waals surface area contributed by atoms with Gasteiger partial charge in [-0.1, -0.05) is 45.0 Å². The Balaban J connectivity index is 1.87. The maximum absolute atomic E-state index is 5.96. The van der Waals surface area contributed by atoms with E-state index in [1.807, 2.05) is 0 Å². The van der Waals surface area contributed by atoms with Crippen LogP contribution in [0.5, 0.6) is 0 Å². The lowest BCUT2D eigenvalue weighted by Gasteiger charge is -2.41. The number of ether oxygens (including phenoxy) is 1. The highest BCUT2D eigenvalue weighted by Crippen LogP contribution is 2.39. The van der Waals surface area contributed by atoms with Crippen LogP contribution in [0, 0.1) is 0 Å². The summed E-state index contributed by atoms with van der Waals surface area (Å²) in [6.45, 7) is 9.21. The predicted octanol–water partition coefficient (Wildman–Crippen LogP) is 2.85. The molecule has 1 aliphatic carbocycles. The third-order valence-electron chi connectivity index (χ3n) is 4.76. The van der Waals surface area contributed by atoms with Crippen LogP contribution in [0.1, 0.15) is 50.8 Å². The highest BCUT2D eigenvalue weighted by atomic mass is 16.5. The van der Waals surface area contributed by atoms with Crippen LogP contribution < -0.4 is 5.73 Å². The maximum Gasteiger partial charge on any atom is 0.0894 e. The number of hydrogen-bond donors (Lipinski definition) is 1. The predicted molar refractivity (Wildman–Crippen MR) is 86.4 cm³/mol. The molecule has 2 fully saturated rings. The van der Waals surface area contributed by atoms with E-state index >= 15 is 0 Å². The second kappa shape index (κ2) is 5.71. The molecule has 0 aromatic heterocycles. The third kappa shape index (κ3) is 3.15. The van der Waals surface area contributed by atoms with E-state index < -0.39 is 0 Å². The molecular weight excluding hydrogens is 260 g/mol. The molecule has 3 rings (SSSR count). The van der Waals surface area contributed by atoms with E-state index in [9.17, 15) is 0 Å². The van der Waals surface area contributed by atoms with Crippen LogP contribution in [0.4, 0.5) is 0 Å². The third-order valence-corrected chi connectivity index (χ3v) is 4.76. The summed E-state index contributed by atoms with van der Waals surface area (Å²) in [5, 5.41) is 0. The van der Waals surface area contributed by atoms with Crippen LogP contribution >= 0.6 is 0 Å². The van der Waals surface area contributed by atoms with Gasteiger partial charge in [0.15, 0.2) is 0 Å². The number of hydrogen-bond acceptors (Lipinski definition) is 3. The largest absolute Gasteiger partial charge is 0.374 e. The molecule has 0 amide bonds. The van der Waals surface area contributed by atoms with Crippen LogP contribution in [0.3, 0.4) is 0 Å². The van der Waals surface area contributed by atoms with E-state index in [2.05, 4.69) is 49.9 Å². The van der Waals surface area contributed by atoms with Gasteiger partial charge >= 0.3 is 0 Å². The quantitative estimate of drug-likeness (QED) is 0.929. The number of nitrogens with two attached hydrogens (primary N) is 1. The average Bonchev–Trinajstić information content (AvgIpc) is 3.30. The summed E-state index contributed by atoms with van der Waals surface area (Å²) in [4.78, 5) is 2.62. The van der Waals surface area contributed by atoms with Crippen LogP contribution in [0.2, 0.25) is 0 Å². The van der Waals surface area contributed by atoms with E-state index in [1.54, 1.807) is 0 Å². The summed E-state index contributed by atoms with van der Waals surface area (Å²) in [5.41, 5.74) is 8.89. The molecule has 116 valence electrons. The Hall–Kier alpha value is -0.900. The molecule has 2 aliphatic rings. The highest BCUT2D eigenvalue weighted by molar-refractivity contribution is 5.30. The van der Waals surface area contributed by atoms with Crippen molar-refractivity contribution in [3.8, 4) is 0 Å². The Morgan fingerprint density at radius 3 is 2.38 bits per heavy atom. The topological polar surface area (TPSA) is 38.5 Å². The van der Waals surface area contributed by atoms with Gasteiger partial charge in [0.1, 0.15) is 0 Å². The van der Waals surface area contributed by atoms with Crippen molar-refractivity contribution in [3.63, 3.8) is 0 Å². The molecule has 2 unspecified atom stereocenters. The zero-order valence-corrected chi connectivity index (χ0v) is 13.5. The van der Waals surface area contributed by atoms with E-state index in [0.717, 1.165) is 19.2 Å². The Bertz CT molecular complexity index is 473. The molecule has 2 N–H and O–H groups in total. The molecule has 1 saturated heterocycles. The van der Waals surface area contributed by atoms with Crippen LogP contribution in [-0.4, -0.2) is 36.7 Å². The molecule has 1 aliphatic heterocycles. The van der Waals surface area contributed by atoms with Crippen LogP contribution in [0.25, 0.3) is 0 Å². The fraction of sp³-hybridized carbons (Fsp3) is 0.667.